The number of methoxy groups -OCH3 is 1. The summed E-state index contributed by atoms with van der Waals surface area (Å²) in [6, 6.07) is 17.4. The van der Waals surface area contributed by atoms with E-state index in [1.165, 1.54) is 7.11 Å². The second-order valence-corrected chi connectivity index (χ2v) is 7.08. The van der Waals surface area contributed by atoms with Gasteiger partial charge in [0.1, 0.15) is 17.9 Å². The maximum Gasteiger partial charge on any atom is 0.309 e. The zero-order valence-electron chi connectivity index (χ0n) is 16.8. The van der Waals surface area contributed by atoms with Crippen LogP contribution < -0.4 is 10.3 Å². The van der Waals surface area contributed by atoms with Crippen LogP contribution in [0, 0.1) is 0 Å². The number of esters is 1. The number of carbonyl (C=O) groups excluding carboxylic acids is 1. The number of fused-ring (bicyclic) bond motifs is 1. The molecule has 6 nitrogen and oxygen atoms in total. The van der Waals surface area contributed by atoms with E-state index in [2.05, 4.69) is 4.98 Å². The molecule has 0 aliphatic heterocycles. The largest absolute Gasteiger partial charge is 0.488 e. The summed E-state index contributed by atoms with van der Waals surface area (Å²) in [4.78, 5) is 27.3. The van der Waals surface area contributed by atoms with E-state index >= 15 is 0 Å². The zero-order chi connectivity index (χ0) is 21.1. The lowest BCUT2D eigenvalue weighted by Gasteiger charge is -2.15. The third-order valence-electron chi connectivity index (χ3n) is 5.04. The number of hydrogen-bond donors (Lipinski definition) is 1. The van der Waals surface area contributed by atoms with Crippen LogP contribution in [0.1, 0.15) is 11.1 Å². The van der Waals surface area contributed by atoms with E-state index in [9.17, 15) is 9.59 Å². The molecule has 0 bridgehead atoms. The first-order valence-electron chi connectivity index (χ1n) is 9.60. The molecule has 0 saturated carbocycles. The van der Waals surface area contributed by atoms with Crippen molar-refractivity contribution >= 4 is 16.9 Å². The zero-order valence-corrected chi connectivity index (χ0v) is 16.8. The minimum absolute atomic E-state index is 0.101. The number of pyridine rings is 1. The van der Waals surface area contributed by atoms with Gasteiger partial charge in [-0.3, -0.25) is 9.59 Å². The maximum atomic E-state index is 12.5. The molecule has 0 amide bonds. The van der Waals surface area contributed by atoms with Gasteiger partial charge in [-0.15, -0.1) is 0 Å². The van der Waals surface area contributed by atoms with Crippen LogP contribution >= 0.6 is 0 Å². The molecule has 0 aliphatic rings. The van der Waals surface area contributed by atoms with Crippen LogP contribution in [0.15, 0.2) is 71.8 Å². The van der Waals surface area contributed by atoms with Crippen molar-refractivity contribution < 1.29 is 14.3 Å². The Morgan fingerprint density at radius 1 is 1.03 bits per heavy atom. The monoisotopic (exact) mass is 402 g/mol. The van der Waals surface area contributed by atoms with Gasteiger partial charge in [-0.1, -0.05) is 36.4 Å². The number of H-pyrrole nitrogens is 1. The van der Waals surface area contributed by atoms with E-state index in [0.717, 1.165) is 27.6 Å². The van der Waals surface area contributed by atoms with Crippen LogP contribution in [0.2, 0.25) is 0 Å². The molecule has 2 heterocycles. The molecule has 6 heteroatoms. The predicted molar refractivity (Wildman–Crippen MR) is 115 cm³/mol. The topological polar surface area (TPSA) is 73.3 Å². The summed E-state index contributed by atoms with van der Waals surface area (Å²) < 4.78 is 12.5. The first-order valence-corrected chi connectivity index (χ1v) is 9.60. The van der Waals surface area contributed by atoms with Crippen LogP contribution in [-0.4, -0.2) is 22.6 Å². The fraction of sp³-hybridized carbons (Fsp3) is 0.167. The number of aryl methyl sites for hydroxylation is 1. The number of aromatic nitrogens is 2. The fourth-order valence-corrected chi connectivity index (χ4v) is 3.48. The van der Waals surface area contributed by atoms with Crippen LogP contribution in [0.4, 0.5) is 0 Å². The Hall–Kier alpha value is -3.80. The van der Waals surface area contributed by atoms with Gasteiger partial charge in [0.2, 0.25) is 0 Å². The summed E-state index contributed by atoms with van der Waals surface area (Å²) in [6.07, 6.45) is 3.70. The molecule has 0 fully saturated rings. The molecule has 0 saturated heterocycles. The summed E-state index contributed by atoms with van der Waals surface area (Å²) >= 11 is 0. The fourth-order valence-electron chi connectivity index (χ4n) is 3.48. The molecular formula is C24H22N2O4. The minimum Gasteiger partial charge on any atom is -0.488 e. The Balaban J connectivity index is 1.82. The molecule has 2 aromatic heterocycles. The van der Waals surface area contributed by atoms with E-state index in [4.69, 9.17) is 9.47 Å². The molecule has 152 valence electrons. The van der Waals surface area contributed by atoms with Crippen molar-refractivity contribution in [2.45, 2.75) is 13.0 Å². The number of nitrogens with one attached hydrogen (secondary N) is 1. The van der Waals surface area contributed by atoms with Gasteiger partial charge in [0, 0.05) is 36.0 Å². The molecule has 0 spiro atoms. The number of ether oxygens (including phenoxy) is 2. The summed E-state index contributed by atoms with van der Waals surface area (Å²) in [5, 5.41) is 0.804. The third kappa shape index (κ3) is 3.85. The lowest BCUT2D eigenvalue weighted by Crippen LogP contribution is -2.16. The highest BCUT2D eigenvalue weighted by atomic mass is 16.5. The van der Waals surface area contributed by atoms with Crippen molar-refractivity contribution in [1.29, 1.82) is 0 Å². The average Bonchev–Trinajstić information content (AvgIpc) is 3.26. The van der Waals surface area contributed by atoms with Gasteiger partial charge in [-0.25, -0.2) is 0 Å². The number of rotatable bonds is 6. The smallest absolute Gasteiger partial charge is 0.309 e. The summed E-state index contributed by atoms with van der Waals surface area (Å²) in [7, 11) is 3.09. The van der Waals surface area contributed by atoms with Crippen molar-refractivity contribution in [1.82, 2.24) is 9.55 Å². The summed E-state index contributed by atoms with van der Waals surface area (Å²) in [5.41, 5.74) is 3.95. The molecule has 0 atom stereocenters. The van der Waals surface area contributed by atoms with Crippen molar-refractivity contribution in [3.05, 3.63) is 88.5 Å². The van der Waals surface area contributed by atoms with Gasteiger partial charge in [0.05, 0.1) is 13.5 Å². The van der Waals surface area contributed by atoms with Crippen LogP contribution in [0.3, 0.4) is 0 Å². The molecular weight excluding hydrogens is 380 g/mol. The van der Waals surface area contributed by atoms with E-state index in [1.54, 1.807) is 24.0 Å². The van der Waals surface area contributed by atoms with E-state index in [1.807, 2.05) is 54.6 Å². The number of nitrogens with zero attached hydrogens (tertiary/aromatic N) is 1. The lowest BCUT2D eigenvalue weighted by molar-refractivity contribution is -0.139. The minimum atomic E-state index is -0.314. The highest BCUT2D eigenvalue weighted by Gasteiger charge is 2.16. The molecule has 0 unspecified atom stereocenters. The predicted octanol–water partition coefficient (Wildman–Crippen LogP) is 3.83. The SMILES string of the molecule is COC(=O)Cc1ccc(OCc2ccccc2)c(-c2cn(C)c(=O)c3[nH]ccc23)c1. The van der Waals surface area contributed by atoms with E-state index in [0.29, 0.717) is 17.9 Å². The quantitative estimate of drug-likeness (QED) is 0.498. The molecule has 2 aromatic carbocycles. The maximum absolute atomic E-state index is 12.5. The highest BCUT2D eigenvalue weighted by Crippen LogP contribution is 2.35. The Bertz CT molecular complexity index is 1260. The second kappa shape index (κ2) is 8.29. The molecule has 0 aliphatic carbocycles. The van der Waals surface area contributed by atoms with Gasteiger partial charge in [-0.05, 0) is 29.3 Å². The Kier molecular flexibility index (Phi) is 5.39. The number of aromatic amines is 1. The first-order chi connectivity index (χ1) is 14.6. The summed E-state index contributed by atoms with van der Waals surface area (Å²) in [6.45, 7) is 0.409. The lowest BCUT2D eigenvalue weighted by atomic mass is 9.99. The average molecular weight is 402 g/mol. The highest BCUT2D eigenvalue weighted by molar-refractivity contribution is 5.96. The van der Waals surface area contributed by atoms with Crippen molar-refractivity contribution in [3.8, 4) is 16.9 Å². The van der Waals surface area contributed by atoms with Crippen LogP contribution in [0.5, 0.6) is 5.75 Å². The number of benzene rings is 2. The van der Waals surface area contributed by atoms with Crippen molar-refractivity contribution in [3.63, 3.8) is 0 Å². The number of carbonyl (C=O) groups is 1. The van der Waals surface area contributed by atoms with Crippen molar-refractivity contribution in [2.75, 3.05) is 7.11 Å². The van der Waals surface area contributed by atoms with Crippen LogP contribution in [0.25, 0.3) is 22.0 Å². The molecule has 0 radical (unpaired) electrons. The number of hydrogen-bond acceptors (Lipinski definition) is 4. The molecule has 1 N–H and O–H groups in total. The van der Waals surface area contributed by atoms with E-state index in [-0.39, 0.29) is 17.9 Å². The Labute approximate surface area is 173 Å². The summed E-state index contributed by atoms with van der Waals surface area (Å²) in [5.74, 6) is 0.361. The molecule has 4 rings (SSSR count). The van der Waals surface area contributed by atoms with Crippen LogP contribution in [-0.2, 0) is 29.6 Å². The van der Waals surface area contributed by atoms with Gasteiger partial charge in [0.25, 0.3) is 5.56 Å². The van der Waals surface area contributed by atoms with Crippen molar-refractivity contribution in [2.24, 2.45) is 7.05 Å². The van der Waals surface area contributed by atoms with E-state index < -0.39 is 0 Å². The van der Waals surface area contributed by atoms with Gasteiger partial charge in [-0.2, -0.15) is 0 Å². The second-order valence-electron chi connectivity index (χ2n) is 7.08. The Morgan fingerprint density at radius 3 is 2.60 bits per heavy atom. The van der Waals surface area contributed by atoms with Gasteiger partial charge in [0.15, 0.2) is 0 Å². The van der Waals surface area contributed by atoms with Gasteiger partial charge < -0.3 is 19.0 Å². The standard InChI is InChI=1S/C24H22N2O4/c1-26-14-20(18-10-11-25-23(18)24(26)28)19-12-17(13-22(27)29-2)8-9-21(19)30-15-16-6-4-3-5-7-16/h3-12,14,25H,13,15H2,1-2H3. The van der Waals surface area contributed by atoms with Gasteiger partial charge >= 0.3 is 5.97 Å². The Morgan fingerprint density at radius 2 is 1.83 bits per heavy atom. The third-order valence-corrected chi connectivity index (χ3v) is 5.04. The first kappa shape index (κ1) is 19.5. The normalized spacial score (nSPS) is 10.9. The molecule has 30 heavy (non-hydrogen) atoms. The molecule has 4 aromatic rings.